The number of carbonyl (C=O) groups is 1. The van der Waals surface area contributed by atoms with Gasteiger partial charge in [0, 0.05) is 17.0 Å². The van der Waals surface area contributed by atoms with Gasteiger partial charge in [0.2, 0.25) is 0 Å². The van der Waals surface area contributed by atoms with E-state index in [9.17, 15) is 18.7 Å². The van der Waals surface area contributed by atoms with Gasteiger partial charge in [-0.1, -0.05) is 86.6 Å². The Morgan fingerprint density at radius 2 is 1.42 bits per heavy atom. The molecule has 0 aliphatic heterocycles. The normalized spacial score (nSPS) is 13.0. The summed E-state index contributed by atoms with van der Waals surface area (Å²) >= 11 is -2.72. The first-order chi connectivity index (χ1) is 17.3. The average molecular weight is 503 g/mol. The van der Waals surface area contributed by atoms with Crippen molar-refractivity contribution in [3.05, 3.63) is 102 Å². The molecule has 4 rings (SSSR count). The van der Waals surface area contributed by atoms with Gasteiger partial charge < -0.3 is 14.4 Å². The monoisotopic (exact) mass is 502 g/mol. The van der Waals surface area contributed by atoms with Crippen LogP contribution in [0.15, 0.2) is 91.0 Å². The van der Waals surface area contributed by atoms with E-state index in [2.05, 4.69) is 30.3 Å². The molecule has 0 aliphatic rings. The Morgan fingerprint density at radius 3 is 2.00 bits per heavy atom. The molecule has 0 heterocycles. The van der Waals surface area contributed by atoms with Crippen LogP contribution in [0.3, 0.4) is 0 Å². The molecule has 0 aliphatic carbocycles. The maximum atomic E-state index is 11.8. The van der Waals surface area contributed by atoms with E-state index in [0.29, 0.717) is 18.9 Å². The van der Waals surface area contributed by atoms with E-state index in [-0.39, 0.29) is 0 Å². The SMILES string of the molecule is CC(C)C(C(=O)O)N(c1ccc(-c2ccc(COCc3ccc4ccccc4c3)cc2)cc1)S(=O)[O-]. The molecule has 4 aromatic carbocycles. The van der Waals surface area contributed by atoms with E-state index in [1.165, 1.54) is 10.8 Å². The fraction of sp³-hybridized carbons (Fsp3) is 0.207. The molecule has 0 saturated heterocycles. The van der Waals surface area contributed by atoms with Crippen molar-refractivity contribution in [2.75, 3.05) is 4.31 Å². The third-order valence-electron chi connectivity index (χ3n) is 6.06. The molecule has 0 amide bonds. The first kappa shape index (κ1) is 25.6. The van der Waals surface area contributed by atoms with Crippen molar-refractivity contribution < 1.29 is 23.4 Å². The van der Waals surface area contributed by atoms with Gasteiger partial charge in [0.15, 0.2) is 0 Å². The molecule has 36 heavy (non-hydrogen) atoms. The molecule has 0 saturated carbocycles. The summed E-state index contributed by atoms with van der Waals surface area (Å²) < 4.78 is 30.5. The number of aliphatic carboxylic acids is 1. The zero-order valence-corrected chi connectivity index (χ0v) is 21.0. The number of hydrogen-bond donors (Lipinski definition) is 1. The van der Waals surface area contributed by atoms with E-state index in [4.69, 9.17) is 4.74 Å². The van der Waals surface area contributed by atoms with Crippen molar-refractivity contribution in [1.29, 1.82) is 0 Å². The predicted molar refractivity (Wildman–Crippen MR) is 142 cm³/mol. The van der Waals surface area contributed by atoms with Crippen LogP contribution in [-0.4, -0.2) is 25.9 Å². The van der Waals surface area contributed by atoms with E-state index >= 15 is 0 Å². The highest BCUT2D eigenvalue weighted by Gasteiger charge is 2.30. The van der Waals surface area contributed by atoms with E-state index in [1.54, 1.807) is 38.1 Å². The van der Waals surface area contributed by atoms with E-state index in [1.807, 2.05) is 36.4 Å². The molecule has 2 atom stereocenters. The third-order valence-corrected chi connectivity index (χ3v) is 6.82. The van der Waals surface area contributed by atoms with E-state index < -0.39 is 29.2 Å². The summed E-state index contributed by atoms with van der Waals surface area (Å²) in [6.45, 7) is 4.38. The van der Waals surface area contributed by atoms with Gasteiger partial charge in [-0.3, -0.25) is 8.51 Å². The Balaban J connectivity index is 1.40. The predicted octanol–water partition coefficient (Wildman–Crippen LogP) is 5.93. The molecule has 0 radical (unpaired) electrons. The fourth-order valence-electron chi connectivity index (χ4n) is 4.21. The van der Waals surface area contributed by atoms with Crippen LogP contribution >= 0.6 is 0 Å². The molecule has 2 unspecified atom stereocenters. The van der Waals surface area contributed by atoms with Crippen LogP contribution in [0.1, 0.15) is 25.0 Å². The van der Waals surface area contributed by atoms with Crippen molar-refractivity contribution in [3.8, 4) is 11.1 Å². The Morgan fingerprint density at radius 1 is 0.861 bits per heavy atom. The van der Waals surface area contributed by atoms with Gasteiger partial charge in [-0.25, -0.2) is 4.79 Å². The lowest BCUT2D eigenvalue weighted by Crippen LogP contribution is -2.45. The van der Waals surface area contributed by atoms with Gasteiger partial charge in [0.05, 0.1) is 13.2 Å². The Labute approximate surface area is 213 Å². The molecule has 6 nitrogen and oxygen atoms in total. The summed E-state index contributed by atoms with van der Waals surface area (Å²) in [5.41, 5.74) is 4.35. The van der Waals surface area contributed by atoms with Gasteiger partial charge in [-0.15, -0.1) is 0 Å². The standard InChI is InChI=1S/C29H29NO5S/c1-20(2)28(29(31)32)30(36(33)34)27-15-13-25(14-16-27)24-10-7-21(8-11-24)18-35-19-22-9-12-23-5-3-4-6-26(23)17-22/h3-17,20,28H,18-19H2,1-2H3,(H,31,32)(H,33,34)/p-1. The number of ether oxygens (including phenoxy) is 1. The van der Waals surface area contributed by atoms with Crippen LogP contribution in [-0.2, 0) is 34.0 Å². The third kappa shape index (κ3) is 5.99. The summed E-state index contributed by atoms with van der Waals surface area (Å²) in [4.78, 5) is 11.7. The molecule has 0 fully saturated rings. The molecule has 4 aromatic rings. The van der Waals surface area contributed by atoms with Crippen molar-refractivity contribution in [2.45, 2.75) is 33.1 Å². The second kappa shape index (κ2) is 11.5. The van der Waals surface area contributed by atoms with Gasteiger partial charge in [-0.05, 0) is 57.1 Å². The van der Waals surface area contributed by atoms with Gasteiger partial charge >= 0.3 is 5.97 Å². The number of carboxylic acid groups (broad SMARTS) is 1. The van der Waals surface area contributed by atoms with Gasteiger partial charge in [-0.2, -0.15) is 0 Å². The topological polar surface area (TPSA) is 89.9 Å². The minimum atomic E-state index is -2.72. The number of fused-ring (bicyclic) bond motifs is 1. The molecule has 0 bridgehead atoms. The number of rotatable bonds is 10. The molecule has 0 aromatic heterocycles. The zero-order chi connectivity index (χ0) is 25.7. The summed E-state index contributed by atoms with van der Waals surface area (Å²) in [6, 6.07) is 28.2. The van der Waals surface area contributed by atoms with E-state index in [0.717, 1.165) is 26.6 Å². The largest absolute Gasteiger partial charge is 0.755 e. The minimum absolute atomic E-state index is 0.312. The zero-order valence-electron chi connectivity index (χ0n) is 20.2. The number of benzene rings is 4. The van der Waals surface area contributed by atoms with Crippen molar-refractivity contribution in [3.63, 3.8) is 0 Å². The number of nitrogens with zero attached hydrogens (tertiary/aromatic N) is 1. The van der Waals surface area contributed by atoms with Crippen LogP contribution in [0.2, 0.25) is 0 Å². The van der Waals surface area contributed by atoms with Crippen molar-refractivity contribution in [2.24, 2.45) is 5.92 Å². The summed E-state index contributed by atoms with van der Waals surface area (Å²) in [6.07, 6.45) is 0. The van der Waals surface area contributed by atoms with Crippen molar-refractivity contribution in [1.82, 2.24) is 0 Å². The van der Waals surface area contributed by atoms with Crippen LogP contribution < -0.4 is 4.31 Å². The molecule has 0 spiro atoms. The lowest BCUT2D eigenvalue weighted by Gasteiger charge is -2.34. The number of carboxylic acids is 1. The Bertz CT molecular complexity index is 1350. The number of anilines is 1. The van der Waals surface area contributed by atoms with Crippen molar-refractivity contribution >= 4 is 33.7 Å². The van der Waals surface area contributed by atoms with Crippen LogP contribution in [0.4, 0.5) is 5.69 Å². The highest BCUT2D eigenvalue weighted by molar-refractivity contribution is 7.80. The highest BCUT2D eigenvalue weighted by Crippen LogP contribution is 2.27. The molecule has 7 heteroatoms. The summed E-state index contributed by atoms with van der Waals surface area (Å²) in [5, 5.41) is 11.9. The maximum Gasteiger partial charge on any atom is 0.327 e. The Kier molecular flexibility index (Phi) is 8.15. The second-order valence-electron chi connectivity index (χ2n) is 8.99. The van der Waals surface area contributed by atoms with Crippen LogP contribution in [0, 0.1) is 5.92 Å². The Hall–Kier alpha value is -3.52. The second-order valence-corrected chi connectivity index (χ2v) is 9.82. The van der Waals surface area contributed by atoms with Crippen LogP contribution in [0.25, 0.3) is 21.9 Å². The maximum absolute atomic E-state index is 11.8. The number of hydrogen-bond acceptors (Lipinski definition) is 4. The van der Waals surface area contributed by atoms with Gasteiger partial charge in [0.1, 0.15) is 6.04 Å². The first-order valence-electron chi connectivity index (χ1n) is 11.7. The average Bonchev–Trinajstić information content (AvgIpc) is 2.87. The highest BCUT2D eigenvalue weighted by atomic mass is 32.2. The lowest BCUT2D eigenvalue weighted by atomic mass is 10.0. The molecular weight excluding hydrogens is 474 g/mol. The van der Waals surface area contributed by atoms with Crippen LogP contribution in [0.5, 0.6) is 0 Å². The molecule has 186 valence electrons. The fourth-order valence-corrected chi connectivity index (χ4v) is 5.02. The quantitative estimate of drug-likeness (QED) is 0.271. The first-order valence-corrected chi connectivity index (χ1v) is 12.7. The minimum Gasteiger partial charge on any atom is -0.755 e. The summed E-state index contributed by atoms with van der Waals surface area (Å²) in [7, 11) is 0. The smallest absolute Gasteiger partial charge is 0.327 e. The summed E-state index contributed by atoms with van der Waals surface area (Å²) in [5.74, 6) is -1.58. The molecular formula is C29H28NO5S-. The lowest BCUT2D eigenvalue weighted by molar-refractivity contribution is -0.139. The molecule has 1 N–H and O–H groups in total. The van der Waals surface area contributed by atoms with Gasteiger partial charge in [0.25, 0.3) is 0 Å².